The van der Waals surface area contributed by atoms with E-state index in [9.17, 15) is 19.4 Å². The molecule has 1 aromatic heterocycles. The third kappa shape index (κ3) is 4.20. The normalized spacial score (nSPS) is 14.2. The van der Waals surface area contributed by atoms with Crippen molar-refractivity contribution >= 4 is 10.2 Å². The number of benzene rings is 3. The average Bonchev–Trinajstić information content (AvgIpc) is 3.11. The summed E-state index contributed by atoms with van der Waals surface area (Å²) in [5, 5.41) is 8.30. The van der Waals surface area contributed by atoms with Crippen LogP contribution in [0.2, 0.25) is 0 Å². The highest BCUT2D eigenvalue weighted by Gasteiger charge is 2.65. The maximum atomic E-state index is 13.0. The molecular formula is C21H16F5N3S. The molecule has 0 spiro atoms. The molecule has 0 radical (unpaired) electrons. The molecule has 0 N–H and O–H groups in total. The van der Waals surface area contributed by atoms with Gasteiger partial charge in [-0.05, 0) is 29.8 Å². The van der Waals surface area contributed by atoms with Crippen LogP contribution in [-0.4, -0.2) is 15.0 Å². The lowest BCUT2D eigenvalue weighted by molar-refractivity contribution is 0.364. The summed E-state index contributed by atoms with van der Waals surface area (Å²) in [4.78, 5) is -1.94. The highest BCUT2D eigenvalue weighted by atomic mass is 32.5. The van der Waals surface area contributed by atoms with Gasteiger partial charge in [0, 0.05) is 12.0 Å². The van der Waals surface area contributed by atoms with E-state index in [0.717, 1.165) is 23.3 Å². The van der Waals surface area contributed by atoms with E-state index in [0.29, 0.717) is 29.9 Å². The number of hydrogen-bond donors (Lipinski definition) is 0. The van der Waals surface area contributed by atoms with Gasteiger partial charge in [-0.15, -0.1) is 5.10 Å². The zero-order valence-electron chi connectivity index (χ0n) is 15.4. The van der Waals surface area contributed by atoms with Gasteiger partial charge in [-0.1, -0.05) is 85.3 Å². The fraction of sp³-hybridized carbons (Fsp3) is 0.0476. The summed E-state index contributed by atoms with van der Waals surface area (Å²) in [5.74, 6) is 0. The first-order valence-electron chi connectivity index (χ1n) is 8.90. The first-order chi connectivity index (χ1) is 14.0. The Morgan fingerprint density at radius 1 is 0.700 bits per heavy atom. The molecule has 0 aliphatic heterocycles. The molecule has 4 aromatic rings. The second-order valence-corrected chi connectivity index (χ2v) is 9.20. The molecule has 156 valence electrons. The first-order valence-corrected chi connectivity index (χ1v) is 10.8. The van der Waals surface area contributed by atoms with Gasteiger partial charge in [0.1, 0.15) is 10.6 Å². The van der Waals surface area contributed by atoms with Gasteiger partial charge >= 0.3 is 10.2 Å². The largest absolute Gasteiger partial charge is 0.310 e. The molecule has 0 atom stereocenters. The van der Waals surface area contributed by atoms with Crippen LogP contribution in [-0.2, 0) is 6.42 Å². The molecule has 1 heterocycles. The second-order valence-electron chi connectivity index (χ2n) is 6.79. The summed E-state index contributed by atoms with van der Waals surface area (Å²) in [7, 11) is -9.74. The van der Waals surface area contributed by atoms with E-state index in [1.165, 1.54) is 4.68 Å². The van der Waals surface area contributed by atoms with E-state index in [2.05, 4.69) is 10.3 Å². The molecule has 4 rings (SSSR count). The van der Waals surface area contributed by atoms with Gasteiger partial charge in [0.25, 0.3) is 0 Å². The van der Waals surface area contributed by atoms with Crippen molar-refractivity contribution in [3.63, 3.8) is 0 Å². The molecule has 9 heteroatoms. The standard InChI is InChI=1S/C21H16F5N3S/c22-30(23,24,25,26)19-13-11-18(12-14-19)29-20(15-16-7-3-1-4-8-16)21(27-28-29)17-9-5-2-6-10-17/h1-14H,15H2. The van der Waals surface area contributed by atoms with Crippen LogP contribution in [0.4, 0.5) is 19.4 Å². The number of rotatable bonds is 5. The molecule has 30 heavy (non-hydrogen) atoms. The number of halogens is 5. The van der Waals surface area contributed by atoms with Gasteiger partial charge in [-0.2, -0.15) is 0 Å². The van der Waals surface area contributed by atoms with Gasteiger partial charge in [-0.25, -0.2) is 4.68 Å². The van der Waals surface area contributed by atoms with E-state index in [-0.39, 0.29) is 5.69 Å². The van der Waals surface area contributed by atoms with Crippen LogP contribution in [0.3, 0.4) is 0 Å². The van der Waals surface area contributed by atoms with Crippen LogP contribution in [0, 0.1) is 0 Å². The van der Waals surface area contributed by atoms with E-state index in [1.54, 1.807) is 0 Å². The Morgan fingerprint density at radius 2 is 1.27 bits per heavy atom. The summed E-state index contributed by atoms with van der Waals surface area (Å²) >= 11 is 0. The highest BCUT2D eigenvalue weighted by Crippen LogP contribution is 3.02. The van der Waals surface area contributed by atoms with Crippen LogP contribution in [0.15, 0.2) is 89.8 Å². The lowest BCUT2D eigenvalue weighted by Crippen LogP contribution is -2.07. The van der Waals surface area contributed by atoms with E-state index in [1.807, 2.05) is 60.7 Å². The number of nitrogens with zero attached hydrogens (tertiary/aromatic N) is 3. The molecular weight excluding hydrogens is 421 g/mol. The summed E-state index contributed by atoms with van der Waals surface area (Å²) < 4.78 is 66.6. The molecule has 3 aromatic carbocycles. The number of aromatic nitrogens is 3. The SMILES string of the molecule is FS(F)(F)(F)(F)c1ccc(-n2nnc(-c3ccccc3)c2Cc2ccccc2)cc1. The Balaban J connectivity index is 1.81. The summed E-state index contributed by atoms with van der Waals surface area (Å²) in [6.07, 6.45) is 0.404. The van der Waals surface area contributed by atoms with Crippen molar-refractivity contribution < 1.29 is 19.4 Å². The minimum absolute atomic E-state index is 0.209. The quantitative estimate of drug-likeness (QED) is 0.310. The molecule has 0 fully saturated rings. The predicted octanol–water partition coefficient (Wildman–Crippen LogP) is 7.18. The summed E-state index contributed by atoms with van der Waals surface area (Å²) in [6.45, 7) is 0. The molecule has 0 amide bonds. The Morgan fingerprint density at radius 3 is 1.83 bits per heavy atom. The second kappa shape index (κ2) is 6.40. The number of hydrogen-bond acceptors (Lipinski definition) is 2. The predicted molar refractivity (Wildman–Crippen MR) is 107 cm³/mol. The van der Waals surface area contributed by atoms with Gasteiger partial charge in [0.2, 0.25) is 0 Å². The fourth-order valence-corrected chi connectivity index (χ4v) is 3.77. The lowest BCUT2D eigenvalue weighted by atomic mass is 10.0. The van der Waals surface area contributed by atoms with Crippen LogP contribution in [0.1, 0.15) is 11.3 Å². The van der Waals surface area contributed by atoms with Crippen molar-refractivity contribution in [2.45, 2.75) is 11.3 Å². The fourth-order valence-electron chi connectivity index (χ4n) is 3.12. The Bertz CT molecular complexity index is 1170. The average molecular weight is 437 g/mol. The monoisotopic (exact) mass is 437 g/mol. The van der Waals surface area contributed by atoms with Crippen LogP contribution < -0.4 is 0 Å². The molecule has 3 nitrogen and oxygen atoms in total. The Labute approximate surface area is 169 Å². The van der Waals surface area contributed by atoms with Crippen LogP contribution in [0.25, 0.3) is 16.9 Å². The third-order valence-electron chi connectivity index (χ3n) is 4.55. The maximum Gasteiger partial charge on any atom is 0.310 e. The van der Waals surface area contributed by atoms with E-state index in [4.69, 9.17) is 0 Å². The molecule has 0 saturated carbocycles. The van der Waals surface area contributed by atoms with Crippen LogP contribution in [0.5, 0.6) is 0 Å². The van der Waals surface area contributed by atoms with Gasteiger partial charge in [-0.3, -0.25) is 0 Å². The van der Waals surface area contributed by atoms with Crippen molar-refractivity contribution in [3.8, 4) is 16.9 Å². The van der Waals surface area contributed by atoms with E-state index < -0.39 is 15.1 Å². The zero-order valence-corrected chi connectivity index (χ0v) is 16.2. The van der Waals surface area contributed by atoms with Crippen molar-refractivity contribution in [1.29, 1.82) is 0 Å². The lowest BCUT2D eigenvalue weighted by Gasteiger charge is -2.40. The molecule has 0 bridgehead atoms. The minimum Gasteiger partial charge on any atom is -0.217 e. The zero-order chi connectivity index (χ0) is 21.5. The third-order valence-corrected chi connectivity index (χ3v) is 5.71. The van der Waals surface area contributed by atoms with Crippen molar-refractivity contribution in [2.24, 2.45) is 0 Å². The Hall–Kier alpha value is -3.20. The smallest absolute Gasteiger partial charge is 0.217 e. The minimum atomic E-state index is -9.74. The molecule has 0 saturated heterocycles. The Kier molecular flexibility index (Phi) is 4.28. The maximum absolute atomic E-state index is 13.0. The molecule has 0 unspecified atom stereocenters. The summed E-state index contributed by atoms with van der Waals surface area (Å²) in [6, 6.07) is 21.4. The van der Waals surface area contributed by atoms with E-state index >= 15 is 0 Å². The van der Waals surface area contributed by atoms with Crippen molar-refractivity contribution in [2.75, 3.05) is 0 Å². The van der Waals surface area contributed by atoms with Crippen LogP contribution >= 0.6 is 10.2 Å². The van der Waals surface area contributed by atoms with Gasteiger partial charge in [0.05, 0.1) is 11.4 Å². The first kappa shape index (κ1) is 20.1. The molecule has 0 aliphatic carbocycles. The highest BCUT2D eigenvalue weighted by molar-refractivity contribution is 8.45. The summed E-state index contributed by atoms with van der Waals surface area (Å²) in [5.41, 5.74) is 3.14. The molecule has 0 aliphatic rings. The van der Waals surface area contributed by atoms with Crippen molar-refractivity contribution in [1.82, 2.24) is 15.0 Å². The topological polar surface area (TPSA) is 30.7 Å². The van der Waals surface area contributed by atoms with Gasteiger partial charge < -0.3 is 0 Å². The van der Waals surface area contributed by atoms with Crippen molar-refractivity contribution in [3.05, 3.63) is 96.2 Å². The van der Waals surface area contributed by atoms with Gasteiger partial charge in [0.15, 0.2) is 0 Å².